The van der Waals surface area contributed by atoms with E-state index in [2.05, 4.69) is 5.43 Å². The molecule has 92 valence electrons. The van der Waals surface area contributed by atoms with Crippen molar-refractivity contribution in [2.45, 2.75) is 13.3 Å². The standard InChI is InChI=1S/C12H16N2O3/c1-2-17-11(15)8-5-9-3-6-10(7-4-9)12(16)14-13/h3-6,8,10H,2,7,13H2,1H3,(H,14,16)/b8-5+. The van der Waals surface area contributed by atoms with Crippen LogP contribution in [0.25, 0.3) is 0 Å². The lowest BCUT2D eigenvalue weighted by molar-refractivity contribution is -0.137. The van der Waals surface area contributed by atoms with E-state index in [1.165, 1.54) is 6.08 Å². The van der Waals surface area contributed by atoms with Crippen LogP contribution in [0.3, 0.4) is 0 Å². The Bertz CT molecular complexity index is 383. The Kier molecular flexibility index (Phi) is 5.16. The van der Waals surface area contributed by atoms with E-state index in [1.807, 2.05) is 6.08 Å². The molecular weight excluding hydrogens is 220 g/mol. The highest BCUT2D eigenvalue weighted by molar-refractivity contribution is 5.83. The number of allylic oxidation sites excluding steroid dienone is 4. The zero-order chi connectivity index (χ0) is 12.7. The number of ether oxygens (including phenoxy) is 1. The lowest BCUT2D eigenvalue weighted by atomic mass is 9.96. The van der Waals surface area contributed by atoms with Gasteiger partial charge in [-0.3, -0.25) is 10.2 Å². The van der Waals surface area contributed by atoms with Crippen LogP contribution in [0.2, 0.25) is 0 Å². The molecule has 0 aromatic rings. The number of hydrogen-bond acceptors (Lipinski definition) is 4. The van der Waals surface area contributed by atoms with E-state index in [4.69, 9.17) is 10.6 Å². The summed E-state index contributed by atoms with van der Waals surface area (Å²) in [6, 6.07) is 0. The van der Waals surface area contributed by atoms with Gasteiger partial charge in [0, 0.05) is 6.08 Å². The van der Waals surface area contributed by atoms with Crippen molar-refractivity contribution in [2.75, 3.05) is 6.61 Å². The number of rotatable bonds is 4. The second-order valence-electron chi connectivity index (χ2n) is 3.50. The van der Waals surface area contributed by atoms with Crippen LogP contribution in [0.4, 0.5) is 0 Å². The van der Waals surface area contributed by atoms with Gasteiger partial charge in [0.1, 0.15) is 0 Å². The molecule has 1 amide bonds. The lowest BCUT2D eigenvalue weighted by Gasteiger charge is -2.12. The number of carbonyl (C=O) groups is 2. The largest absolute Gasteiger partial charge is 0.463 e. The molecule has 1 aliphatic rings. The average molecular weight is 236 g/mol. The highest BCUT2D eigenvalue weighted by Crippen LogP contribution is 2.17. The van der Waals surface area contributed by atoms with Crippen molar-refractivity contribution in [3.05, 3.63) is 36.0 Å². The molecule has 0 saturated carbocycles. The van der Waals surface area contributed by atoms with Crippen molar-refractivity contribution in [3.8, 4) is 0 Å². The minimum absolute atomic E-state index is 0.217. The van der Waals surface area contributed by atoms with E-state index in [0.29, 0.717) is 13.0 Å². The fourth-order valence-electron chi connectivity index (χ4n) is 1.42. The maximum absolute atomic E-state index is 11.2. The number of carbonyl (C=O) groups excluding carboxylic acids is 2. The Morgan fingerprint density at radius 3 is 2.94 bits per heavy atom. The lowest BCUT2D eigenvalue weighted by Crippen LogP contribution is -2.35. The summed E-state index contributed by atoms with van der Waals surface area (Å²) in [4.78, 5) is 22.3. The van der Waals surface area contributed by atoms with Gasteiger partial charge in [0.2, 0.25) is 5.91 Å². The van der Waals surface area contributed by atoms with Gasteiger partial charge >= 0.3 is 5.97 Å². The van der Waals surface area contributed by atoms with E-state index in [0.717, 1.165) is 5.57 Å². The SMILES string of the molecule is CCOC(=O)/C=C/C1=CCC(C(=O)NN)C=C1. The van der Waals surface area contributed by atoms with Gasteiger partial charge in [-0.2, -0.15) is 0 Å². The van der Waals surface area contributed by atoms with Crippen molar-refractivity contribution in [1.29, 1.82) is 0 Å². The van der Waals surface area contributed by atoms with Crippen LogP contribution < -0.4 is 11.3 Å². The molecule has 0 radical (unpaired) electrons. The van der Waals surface area contributed by atoms with Crippen molar-refractivity contribution in [3.63, 3.8) is 0 Å². The van der Waals surface area contributed by atoms with Crippen LogP contribution in [-0.4, -0.2) is 18.5 Å². The summed E-state index contributed by atoms with van der Waals surface area (Å²) >= 11 is 0. The quantitative estimate of drug-likeness (QED) is 0.246. The number of esters is 1. The van der Waals surface area contributed by atoms with Gasteiger partial charge in [-0.05, 0) is 25.0 Å². The van der Waals surface area contributed by atoms with Gasteiger partial charge in [0.15, 0.2) is 0 Å². The third kappa shape index (κ3) is 4.24. The van der Waals surface area contributed by atoms with Crippen LogP contribution in [0.5, 0.6) is 0 Å². The molecule has 0 saturated heterocycles. The molecule has 0 aliphatic heterocycles. The summed E-state index contributed by atoms with van der Waals surface area (Å²) in [6.45, 7) is 2.11. The topological polar surface area (TPSA) is 81.4 Å². The second-order valence-corrected chi connectivity index (χ2v) is 3.50. The average Bonchev–Trinajstić information content (AvgIpc) is 2.36. The van der Waals surface area contributed by atoms with E-state index < -0.39 is 0 Å². The number of nitrogens with one attached hydrogen (secondary N) is 1. The first-order valence-electron chi connectivity index (χ1n) is 5.41. The summed E-state index contributed by atoms with van der Waals surface area (Å²) in [5.74, 6) is 4.22. The Labute approximate surface area is 100.0 Å². The van der Waals surface area contributed by atoms with Crippen LogP contribution in [0, 0.1) is 5.92 Å². The predicted molar refractivity (Wildman–Crippen MR) is 63.4 cm³/mol. The Morgan fingerprint density at radius 1 is 1.65 bits per heavy atom. The van der Waals surface area contributed by atoms with E-state index in [9.17, 15) is 9.59 Å². The first-order valence-corrected chi connectivity index (χ1v) is 5.41. The zero-order valence-electron chi connectivity index (χ0n) is 9.68. The highest BCUT2D eigenvalue weighted by atomic mass is 16.5. The van der Waals surface area contributed by atoms with Crippen LogP contribution in [0.1, 0.15) is 13.3 Å². The summed E-state index contributed by atoms with van der Waals surface area (Å²) in [7, 11) is 0. The molecule has 3 N–H and O–H groups in total. The van der Waals surface area contributed by atoms with Gasteiger partial charge in [0.25, 0.3) is 0 Å². The van der Waals surface area contributed by atoms with Crippen LogP contribution >= 0.6 is 0 Å². The molecule has 1 rings (SSSR count). The number of hydrogen-bond donors (Lipinski definition) is 2. The normalized spacial score (nSPS) is 18.9. The highest BCUT2D eigenvalue weighted by Gasteiger charge is 2.15. The molecule has 5 heteroatoms. The molecule has 1 aliphatic carbocycles. The molecule has 0 aromatic heterocycles. The Hall–Kier alpha value is -1.88. The van der Waals surface area contributed by atoms with Gasteiger partial charge in [0.05, 0.1) is 12.5 Å². The summed E-state index contributed by atoms with van der Waals surface area (Å²) in [5, 5.41) is 0. The molecular formula is C12H16N2O3. The molecule has 0 fully saturated rings. The molecule has 5 nitrogen and oxygen atoms in total. The molecule has 0 bridgehead atoms. The first kappa shape index (κ1) is 13.2. The second kappa shape index (κ2) is 6.65. The fraction of sp³-hybridized carbons (Fsp3) is 0.333. The Morgan fingerprint density at radius 2 is 2.41 bits per heavy atom. The van der Waals surface area contributed by atoms with Crippen molar-refractivity contribution in [2.24, 2.45) is 11.8 Å². The van der Waals surface area contributed by atoms with Gasteiger partial charge in [-0.1, -0.05) is 18.2 Å². The van der Waals surface area contributed by atoms with Gasteiger partial charge in [-0.25, -0.2) is 10.6 Å². The summed E-state index contributed by atoms with van der Waals surface area (Å²) < 4.78 is 4.75. The smallest absolute Gasteiger partial charge is 0.330 e. The molecule has 0 spiro atoms. The molecule has 17 heavy (non-hydrogen) atoms. The number of nitrogens with two attached hydrogens (primary N) is 1. The molecule has 0 heterocycles. The minimum Gasteiger partial charge on any atom is -0.463 e. The predicted octanol–water partition coefficient (Wildman–Crippen LogP) is 0.598. The minimum atomic E-state index is -0.372. The molecule has 0 aromatic carbocycles. The van der Waals surface area contributed by atoms with Gasteiger partial charge in [-0.15, -0.1) is 0 Å². The van der Waals surface area contributed by atoms with E-state index in [-0.39, 0.29) is 17.8 Å². The summed E-state index contributed by atoms with van der Waals surface area (Å²) in [6.07, 6.45) is 9.00. The third-order valence-corrected chi connectivity index (χ3v) is 2.31. The molecule has 1 unspecified atom stereocenters. The van der Waals surface area contributed by atoms with Crippen molar-refractivity contribution in [1.82, 2.24) is 5.43 Å². The number of hydrazine groups is 1. The maximum Gasteiger partial charge on any atom is 0.330 e. The number of amides is 1. The van der Waals surface area contributed by atoms with E-state index in [1.54, 1.807) is 25.2 Å². The van der Waals surface area contributed by atoms with Crippen LogP contribution in [-0.2, 0) is 14.3 Å². The van der Waals surface area contributed by atoms with E-state index >= 15 is 0 Å². The van der Waals surface area contributed by atoms with Crippen molar-refractivity contribution < 1.29 is 14.3 Å². The molecule has 1 atom stereocenters. The Balaban J connectivity index is 2.50. The van der Waals surface area contributed by atoms with Gasteiger partial charge < -0.3 is 4.74 Å². The zero-order valence-corrected chi connectivity index (χ0v) is 9.68. The van der Waals surface area contributed by atoms with Crippen LogP contribution in [0.15, 0.2) is 36.0 Å². The first-order chi connectivity index (χ1) is 8.17. The monoisotopic (exact) mass is 236 g/mol. The maximum atomic E-state index is 11.2. The summed E-state index contributed by atoms with van der Waals surface area (Å²) in [5.41, 5.74) is 2.98. The fourth-order valence-corrected chi connectivity index (χ4v) is 1.42. The van der Waals surface area contributed by atoms with Crippen molar-refractivity contribution >= 4 is 11.9 Å². The third-order valence-electron chi connectivity index (χ3n) is 2.31.